The quantitative estimate of drug-likeness (QED) is 0.809. The van der Waals surface area contributed by atoms with Crippen LogP contribution in [0.3, 0.4) is 0 Å². The van der Waals surface area contributed by atoms with Crippen LogP contribution < -0.4 is 5.32 Å². The number of aromatic nitrogens is 1. The largest absolute Gasteiger partial charge is 0.339 e. The highest BCUT2D eigenvalue weighted by molar-refractivity contribution is 9.10. The van der Waals surface area contributed by atoms with Gasteiger partial charge < -0.3 is 5.32 Å². The smallest absolute Gasteiger partial charge is 0.169 e. The molecule has 1 aliphatic heterocycles. The predicted molar refractivity (Wildman–Crippen MR) is 69.7 cm³/mol. The summed E-state index contributed by atoms with van der Waals surface area (Å²) in [7, 11) is 0. The molecule has 0 amide bonds. The molecule has 3 rings (SSSR count). The third kappa shape index (κ3) is 1.85. The molecule has 0 spiro atoms. The van der Waals surface area contributed by atoms with Gasteiger partial charge in [-0.3, -0.25) is 4.79 Å². The van der Waals surface area contributed by atoms with Gasteiger partial charge in [0.1, 0.15) is 5.82 Å². The van der Waals surface area contributed by atoms with Gasteiger partial charge in [0.2, 0.25) is 0 Å². The highest BCUT2D eigenvalue weighted by Gasteiger charge is 2.19. The summed E-state index contributed by atoms with van der Waals surface area (Å²) in [6.45, 7) is 0. The highest BCUT2D eigenvalue weighted by atomic mass is 79.9. The molecule has 4 heteroatoms. The first-order valence-corrected chi connectivity index (χ1v) is 6.07. The maximum atomic E-state index is 12.1. The van der Waals surface area contributed by atoms with Crippen molar-refractivity contribution < 1.29 is 4.79 Å². The predicted octanol–water partition coefficient (Wildman–Crippen LogP) is 3.33. The molecule has 3 nitrogen and oxygen atoms in total. The summed E-state index contributed by atoms with van der Waals surface area (Å²) in [6.07, 6.45) is 2.11. The number of pyridine rings is 1. The molecule has 1 aromatic heterocycles. The van der Waals surface area contributed by atoms with Gasteiger partial charge in [0.15, 0.2) is 5.78 Å². The SMILES string of the molecule is O=C1Cc2cc(Br)cnc2Nc2ccccc21. The van der Waals surface area contributed by atoms with E-state index in [9.17, 15) is 4.79 Å². The lowest BCUT2D eigenvalue weighted by molar-refractivity contribution is 0.0994. The van der Waals surface area contributed by atoms with E-state index in [0.29, 0.717) is 6.42 Å². The molecule has 2 aromatic rings. The standard InChI is InChI=1S/C13H9BrN2O/c14-9-5-8-6-12(17)10-3-1-2-4-11(10)16-13(8)15-7-9/h1-5,7H,6H2,(H,15,16). The van der Waals surface area contributed by atoms with E-state index < -0.39 is 0 Å². The number of rotatable bonds is 0. The fourth-order valence-electron chi connectivity index (χ4n) is 1.96. The monoisotopic (exact) mass is 288 g/mol. The Labute approximate surface area is 107 Å². The normalized spacial score (nSPS) is 13.4. The lowest BCUT2D eigenvalue weighted by Gasteiger charge is -2.07. The second-order valence-corrected chi connectivity index (χ2v) is 4.85. The zero-order chi connectivity index (χ0) is 11.8. The summed E-state index contributed by atoms with van der Waals surface area (Å²) < 4.78 is 0.886. The topological polar surface area (TPSA) is 42.0 Å². The van der Waals surface area contributed by atoms with Crippen LogP contribution in [0.25, 0.3) is 0 Å². The van der Waals surface area contributed by atoms with Crippen LogP contribution in [-0.4, -0.2) is 10.8 Å². The molecule has 0 radical (unpaired) electrons. The molecule has 2 heterocycles. The van der Waals surface area contributed by atoms with Crippen LogP contribution >= 0.6 is 15.9 Å². The molecule has 1 N–H and O–H groups in total. The number of Topliss-reactive ketones (excluding diaryl/α,β-unsaturated/α-hetero) is 1. The second-order valence-electron chi connectivity index (χ2n) is 3.93. The number of para-hydroxylation sites is 1. The average molecular weight is 289 g/mol. The number of carbonyl (C=O) groups is 1. The molecule has 0 fully saturated rings. The molecule has 0 aliphatic carbocycles. The Hall–Kier alpha value is -1.68. The Bertz CT molecular complexity index is 610. The molecular formula is C13H9BrN2O. The Balaban J connectivity index is 2.17. The summed E-state index contributed by atoms with van der Waals surface area (Å²) in [4.78, 5) is 16.4. The molecule has 0 bridgehead atoms. The van der Waals surface area contributed by atoms with Crippen LogP contribution in [0.1, 0.15) is 15.9 Å². The van der Waals surface area contributed by atoms with Gasteiger partial charge in [0.05, 0.1) is 5.69 Å². The van der Waals surface area contributed by atoms with Crippen LogP contribution in [0.4, 0.5) is 11.5 Å². The first-order valence-electron chi connectivity index (χ1n) is 5.28. The van der Waals surface area contributed by atoms with E-state index in [2.05, 4.69) is 26.2 Å². The van der Waals surface area contributed by atoms with Crippen LogP contribution in [0.2, 0.25) is 0 Å². The highest BCUT2D eigenvalue weighted by Crippen LogP contribution is 2.29. The second kappa shape index (κ2) is 3.96. The van der Waals surface area contributed by atoms with Crippen molar-refractivity contribution in [3.8, 4) is 0 Å². The molecule has 0 saturated heterocycles. The maximum Gasteiger partial charge on any atom is 0.169 e. The zero-order valence-corrected chi connectivity index (χ0v) is 10.5. The van der Waals surface area contributed by atoms with E-state index in [1.807, 2.05) is 30.3 Å². The van der Waals surface area contributed by atoms with Gasteiger partial charge in [0, 0.05) is 28.2 Å². The number of hydrogen-bond acceptors (Lipinski definition) is 3. The van der Waals surface area contributed by atoms with Gasteiger partial charge >= 0.3 is 0 Å². The van der Waals surface area contributed by atoms with Crippen LogP contribution in [0, 0.1) is 0 Å². The van der Waals surface area contributed by atoms with Crippen molar-refractivity contribution in [2.24, 2.45) is 0 Å². The Morgan fingerprint density at radius 3 is 3.00 bits per heavy atom. The van der Waals surface area contributed by atoms with Gasteiger partial charge in [-0.25, -0.2) is 4.98 Å². The molecule has 1 aromatic carbocycles. The number of nitrogens with zero attached hydrogens (tertiary/aromatic N) is 1. The number of anilines is 2. The Morgan fingerprint density at radius 1 is 1.29 bits per heavy atom. The van der Waals surface area contributed by atoms with Crippen molar-refractivity contribution in [1.82, 2.24) is 4.98 Å². The van der Waals surface area contributed by atoms with Gasteiger partial charge in [-0.05, 0) is 34.1 Å². The fraction of sp³-hybridized carbons (Fsp3) is 0.0769. The summed E-state index contributed by atoms with van der Waals surface area (Å²) in [6, 6.07) is 9.44. The zero-order valence-electron chi connectivity index (χ0n) is 8.90. The van der Waals surface area contributed by atoms with Crippen LogP contribution in [-0.2, 0) is 6.42 Å². The third-order valence-corrected chi connectivity index (χ3v) is 3.20. The van der Waals surface area contributed by atoms with Crippen LogP contribution in [0.15, 0.2) is 41.0 Å². The average Bonchev–Trinajstić information content (AvgIpc) is 2.46. The van der Waals surface area contributed by atoms with E-state index in [1.165, 1.54) is 0 Å². The molecule has 0 unspecified atom stereocenters. The minimum absolute atomic E-state index is 0.117. The van der Waals surface area contributed by atoms with Crippen molar-refractivity contribution in [3.05, 3.63) is 52.1 Å². The Morgan fingerprint density at radius 2 is 2.12 bits per heavy atom. The van der Waals surface area contributed by atoms with Gasteiger partial charge in [-0.1, -0.05) is 12.1 Å². The number of fused-ring (bicyclic) bond motifs is 2. The lowest BCUT2D eigenvalue weighted by Crippen LogP contribution is -2.01. The van der Waals surface area contributed by atoms with E-state index in [-0.39, 0.29) is 5.78 Å². The van der Waals surface area contributed by atoms with Crippen molar-refractivity contribution in [3.63, 3.8) is 0 Å². The fourth-order valence-corrected chi connectivity index (χ4v) is 2.34. The minimum atomic E-state index is 0.117. The number of hydrogen-bond donors (Lipinski definition) is 1. The van der Waals surface area contributed by atoms with E-state index >= 15 is 0 Å². The molecule has 0 atom stereocenters. The molecular weight excluding hydrogens is 280 g/mol. The van der Waals surface area contributed by atoms with E-state index in [0.717, 1.165) is 27.1 Å². The first kappa shape index (κ1) is 10.5. The summed E-state index contributed by atoms with van der Waals surface area (Å²) in [5.41, 5.74) is 2.47. The maximum absolute atomic E-state index is 12.1. The third-order valence-electron chi connectivity index (χ3n) is 2.76. The molecule has 1 aliphatic rings. The van der Waals surface area contributed by atoms with Crippen molar-refractivity contribution in [2.75, 3.05) is 5.32 Å². The summed E-state index contributed by atoms with van der Waals surface area (Å²) >= 11 is 3.37. The molecule has 17 heavy (non-hydrogen) atoms. The minimum Gasteiger partial charge on any atom is -0.339 e. The van der Waals surface area contributed by atoms with Crippen LogP contribution in [0.5, 0.6) is 0 Å². The number of ketones is 1. The summed E-state index contributed by atoms with van der Waals surface area (Å²) in [5.74, 6) is 0.873. The van der Waals surface area contributed by atoms with Crippen molar-refractivity contribution in [2.45, 2.75) is 6.42 Å². The molecule has 0 saturated carbocycles. The van der Waals surface area contributed by atoms with Gasteiger partial charge in [-0.2, -0.15) is 0 Å². The number of halogens is 1. The molecule has 84 valence electrons. The lowest BCUT2D eigenvalue weighted by atomic mass is 10.0. The number of nitrogens with one attached hydrogen (secondary N) is 1. The number of carbonyl (C=O) groups excluding carboxylic acids is 1. The van der Waals surface area contributed by atoms with Gasteiger partial charge in [0.25, 0.3) is 0 Å². The van der Waals surface area contributed by atoms with Crippen molar-refractivity contribution in [1.29, 1.82) is 0 Å². The number of benzene rings is 1. The van der Waals surface area contributed by atoms with Crippen molar-refractivity contribution >= 4 is 33.2 Å². The van der Waals surface area contributed by atoms with E-state index in [1.54, 1.807) is 6.20 Å². The Kier molecular flexibility index (Phi) is 2.44. The summed E-state index contributed by atoms with van der Waals surface area (Å²) in [5, 5.41) is 3.21. The van der Waals surface area contributed by atoms with Gasteiger partial charge in [-0.15, -0.1) is 0 Å². The first-order chi connectivity index (χ1) is 8.24. The van der Waals surface area contributed by atoms with E-state index in [4.69, 9.17) is 0 Å².